The van der Waals surface area contributed by atoms with Gasteiger partial charge in [0.05, 0.1) is 11.4 Å². The fourth-order valence-electron chi connectivity index (χ4n) is 2.80. The minimum Gasteiger partial charge on any atom is -0.248 e. The van der Waals surface area contributed by atoms with Gasteiger partial charge in [0.25, 0.3) is 0 Å². The number of benzene rings is 2. The van der Waals surface area contributed by atoms with Crippen molar-refractivity contribution in [3.8, 4) is 22.5 Å². The smallest absolute Gasteiger partial charge is 0.0709 e. The molecule has 0 aliphatic carbocycles. The minimum absolute atomic E-state index is 0.872. The molecule has 1 nitrogen and oxygen atoms in total. The molecule has 0 saturated heterocycles. The average molecular weight is 311 g/mol. The number of pyridine rings is 1. The first-order valence-corrected chi connectivity index (χ1v) is 8.17. The summed E-state index contributed by atoms with van der Waals surface area (Å²) in [6.45, 7) is 7.63. The van der Waals surface area contributed by atoms with Crippen LogP contribution in [0.15, 0.2) is 92.0 Å². The Hall–Kier alpha value is -2.93. The van der Waals surface area contributed by atoms with E-state index >= 15 is 0 Å². The zero-order valence-electron chi connectivity index (χ0n) is 13.8. The minimum atomic E-state index is 0.872. The van der Waals surface area contributed by atoms with Crippen LogP contribution >= 0.6 is 0 Å². The van der Waals surface area contributed by atoms with Gasteiger partial charge in [-0.3, -0.25) is 0 Å². The molecule has 2 aromatic carbocycles. The van der Waals surface area contributed by atoms with Crippen molar-refractivity contribution in [2.24, 2.45) is 0 Å². The van der Waals surface area contributed by atoms with Crippen LogP contribution in [0, 0.1) is 0 Å². The Balaban J connectivity index is 1.97. The van der Waals surface area contributed by atoms with E-state index in [0.29, 0.717) is 0 Å². The van der Waals surface area contributed by atoms with E-state index in [0.717, 1.165) is 35.4 Å². The summed E-state index contributed by atoms with van der Waals surface area (Å²) < 4.78 is 0. The van der Waals surface area contributed by atoms with Crippen LogP contribution in [0.1, 0.15) is 11.1 Å². The van der Waals surface area contributed by atoms with Crippen LogP contribution in [0.2, 0.25) is 0 Å². The summed E-state index contributed by atoms with van der Waals surface area (Å²) >= 11 is 0. The Labute approximate surface area is 144 Å². The van der Waals surface area contributed by atoms with Gasteiger partial charge in [-0.05, 0) is 48.2 Å². The predicted octanol–water partition coefficient (Wildman–Crippen LogP) is 5.87. The summed E-state index contributed by atoms with van der Waals surface area (Å²) in [6, 6.07) is 23.2. The standard InChI is InChI=1S/C23H21N/c1-3-8-18-10-5-12-20(16-18)22-14-7-15-23(24-22)21-13-6-11-19(17-21)9-4-2/h3-7,10-17H,1-2,8-9H2. The molecule has 3 rings (SSSR count). The van der Waals surface area contributed by atoms with Crippen molar-refractivity contribution in [1.82, 2.24) is 4.98 Å². The van der Waals surface area contributed by atoms with E-state index in [4.69, 9.17) is 4.98 Å². The van der Waals surface area contributed by atoms with Gasteiger partial charge in [-0.1, -0.05) is 54.6 Å². The third-order valence-corrected chi connectivity index (χ3v) is 3.95. The molecule has 3 aromatic rings. The maximum Gasteiger partial charge on any atom is 0.0709 e. The molecule has 0 radical (unpaired) electrons. The van der Waals surface area contributed by atoms with Gasteiger partial charge in [-0.2, -0.15) is 0 Å². The van der Waals surface area contributed by atoms with E-state index in [2.05, 4.69) is 79.9 Å². The second-order valence-corrected chi connectivity index (χ2v) is 5.79. The highest BCUT2D eigenvalue weighted by molar-refractivity contribution is 5.67. The van der Waals surface area contributed by atoms with E-state index in [1.807, 2.05) is 12.2 Å². The normalized spacial score (nSPS) is 10.3. The van der Waals surface area contributed by atoms with E-state index < -0.39 is 0 Å². The summed E-state index contributed by atoms with van der Waals surface area (Å²) in [7, 11) is 0. The summed E-state index contributed by atoms with van der Waals surface area (Å²) in [5, 5.41) is 0. The van der Waals surface area contributed by atoms with Crippen LogP contribution in [0.4, 0.5) is 0 Å². The van der Waals surface area contributed by atoms with E-state index in [9.17, 15) is 0 Å². The molecular weight excluding hydrogens is 290 g/mol. The number of nitrogens with zero attached hydrogens (tertiary/aromatic N) is 1. The SMILES string of the molecule is C=CCc1cccc(-c2cccc(-c3cccc(CC=C)c3)n2)c1. The monoisotopic (exact) mass is 311 g/mol. The highest BCUT2D eigenvalue weighted by Gasteiger charge is 2.05. The Morgan fingerprint density at radius 2 is 1.12 bits per heavy atom. The van der Waals surface area contributed by atoms with Gasteiger partial charge in [-0.25, -0.2) is 4.98 Å². The zero-order valence-corrected chi connectivity index (χ0v) is 13.8. The van der Waals surface area contributed by atoms with Gasteiger partial charge in [-0.15, -0.1) is 13.2 Å². The lowest BCUT2D eigenvalue weighted by Crippen LogP contribution is -1.90. The molecule has 0 fully saturated rings. The summed E-state index contributed by atoms with van der Waals surface area (Å²) in [5.41, 5.74) is 6.77. The van der Waals surface area contributed by atoms with E-state index in [-0.39, 0.29) is 0 Å². The molecule has 0 N–H and O–H groups in total. The second-order valence-electron chi connectivity index (χ2n) is 5.79. The van der Waals surface area contributed by atoms with Crippen molar-refractivity contribution >= 4 is 0 Å². The number of aromatic nitrogens is 1. The Morgan fingerprint density at radius 3 is 1.58 bits per heavy atom. The van der Waals surface area contributed by atoms with Crippen LogP contribution in [0.5, 0.6) is 0 Å². The molecule has 0 bridgehead atoms. The molecule has 1 aromatic heterocycles. The van der Waals surface area contributed by atoms with Crippen LogP contribution < -0.4 is 0 Å². The maximum absolute atomic E-state index is 4.86. The molecule has 0 aliphatic rings. The van der Waals surface area contributed by atoms with Gasteiger partial charge in [0.15, 0.2) is 0 Å². The van der Waals surface area contributed by atoms with Gasteiger partial charge in [0, 0.05) is 11.1 Å². The van der Waals surface area contributed by atoms with Gasteiger partial charge < -0.3 is 0 Å². The highest BCUT2D eigenvalue weighted by atomic mass is 14.7. The molecular formula is C23H21N. The Bertz CT molecular complexity index is 792. The Morgan fingerprint density at radius 1 is 0.667 bits per heavy atom. The van der Waals surface area contributed by atoms with Gasteiger partial charge in [0.2, 0.25) is 0 Å². The van der Waals surface area contributed by atoms with E-state index in [1.165, 1.54) is 11.1 Å². The lowest BCUT2D eigenvalue weighted by atomic mass is 10.0. The van der Waals surface area contributed by atoms with Crippen LogP contribution in [-0.4, -0.2) is 4.98 Å². The number of allylic oxidation sites excluding steroid dienone is 2. The quantitative estimate of drug-likeness (QED) is 0.519. The van der Waals surface area contributed by atoms with Gasteiger partial charge in [0.1, 0.15) is 0 Å². The molecule has 0 saturated carbocycles. The second kappa shape index (κ2) is 7.56. The molecule has 1 heteroatoms. The third kappa shape index (κ3) is 3.69. The first-order valence-electron chi connectivity index (χ1n) is 8.17. The van der Waals surface area contributed by atoms with Crippen LogP contribution in [-0.2, 0) is 12.8 Å². The van der Waals surface area contributed by atoms with Crippen molar-refractivity contribution < 1.29 is 0 Å². The lowest BCUT2D eigenvalue weighted by Gasteiger charge is -2.08. The molecule has 0 amide bonds. The fraction of sp³-hybridized carbons (Fsp3) is 0.0870. The third-order valence-electron chi connectivity index (χ3n) is 3.95. The highest BCUT2D eigenvalue weighted by Crippen LogP contribution is 2.24. The predicted molar refractivity (Wildman–Crippen MR) is 103 cm³/mol. The molecule has 0 unspecified atom stereocenters. The molecule has 0 spiro atoms. The van der Waals surface area contributed by atoms with Crippen molar-refractivity contribution in [2.75, 3.05) is 0 Å². The maximum atomic E-state index is 4.86. The largest absolute Gasteiger partial charge is 0.248 e. The molecule has 0 atom stereocenters. The number of hydrogen-bond donors (Lipinski definition) is 0. The van der Waals surface area contributed by atoms with Gasteiger partial charge >= 0.3 is 0 Å². The van der Waals surface area contributed by atoms with Crippen LogP contribution in [0.3, 0.4) is 0 Å². The molecule has 1 heterocycles. The van der Waals surface area contributed by atoms with Crippen LogP contribution in [0.25, 0.3) is 22.5 Å². The fourth-order valence-corrected chi connectivity index (χ4v) is 2.80. The summed E-state index contributed by atoms with van der Waals surface area (Å²) in [5.74, 6) is 0. The van der Waals surface area contributed by atoms with Crippen molar-refractivity contribution in [1.29, 1.82) is 0 Å². The Kier molecular flexibility index (Phi) is 5.02. The number of rotatable bonds is 6. The number of hydrogen-bond acceptors (Lipinski definition) is 1. The van der Waals surface area contributed by atoms with Crippen molar-refractivity contribution in [3.05, 3.63) is 103 Å². The van der Waals surface area contributed by atoms with Crippen molar-refractivity contribution in [2.45, 2.75) is 12.8 Å². The van der Waals surface area contributed by atoms with E-state index in [1.54, 1.807) is 0 Å². The lowest BCUT2D eigenvalue weighted by molar-refractivity contribution is 1.25. The zero-order chi connectivity index (χ0) is 16.8. The molecule has 118 valence electrons. The average Bonchev–Trinajstić information content (AvgIpc) is 2.63. The van der Waals surface area contributed by atoms with Crippen molar-refractivity contribution in [3.63, 3.8) is 0 Å². The topological polar surface area (TPSA) is 12.9 Å². The first-order chi connectivity index (χ1) is 11.8. The summed E-state index contributed by atoms with van der Waals surface area (Å²) in [4.78, 5) is 4.86. The molecule has 24 heavy (non-hydrogen) atoms. The molecule has 0 aliphatic heterocycles. The first kappa shape index (κ1) is 15.9. The summed E-state index contributed by atoms with van der Waals surface area (Å²) in [6.07, 6.45) is 5.59.